The normalized spacial score (nSPS) is 6.60. The van der Waals surface area contributed by atoms with Gasteiger partial charge < -0.3 is 10.5 Å². The second-order valence-corrected chi connectivity index (χ2v) is 1.14. The minimum absolute atomic E-state index is 0.202. The highest BCUT2D eigenvalue weighted by Gasteiger charge is 1.67. The summed E-state index contributed by atoms with van der Waals surface area (Å²) in [6, 6.07) is 0. The van der Waals surface area contributed by atoms with Gasteiger partial charge in [0.1, 0.15) is 0 Å². The van der Waals surface area contributed by atoms with Gasteiger partial charge in [-0.3, -0.25) is 0 Å². The lowest BCUT2D eigenvalue weighted by Gasteiger charge is -1.83. The molecule has 0 aromatic carbocycles. The topological polar surface area (TPSA) is 38.0 Å². The Kier molecular flexibility index (Phi) is 2.31. The molecular weight excluding hydrogens is 104 g/mol. The van der Waals surface area contributed by atoms with Crippen LogP contribution in [0.25, 0.3) is 0 Å². The number of nitrogens with one attached hydrogen (secondary N) is 1. The smallest absolute Gasteiger partial charge is 0.173 e. The summed E-state index contributed by atoms with van der Waals surface area (Å²) in [7, 11) is 0. The predicted molar refractivity (Wildman–Crippen MR) is 28.9 cm³/mol. The van der Waals surface area contributed by atoms with Crippen LogP contribution < -0.4 is 10.5 Å². The van der Waals surface area contributed by atoms with Gasteiger partial charge in [-0.1, -0.05) is 12.8 Å². The molecule has 0 spiro atoms. The quantitative estimate of drug-likeness (QED) is 0.294. The molecule has 0 saturated carbocycles. The molecule has 0 heterocycles. The molecule has 30 valence electrons. The van der Waals surface area contributed by atoms with Crippen LogP contribution >= 0.6 is 25.0 Å². The summed E-state index contributed by atoms with van der Waals surface area (Å²) in [4.78, 5) is 0. The zero-order valence-electron chi connectivity index (χ0n) is 2.43. The molecular formula is CH4N2S2. The van der Waals surface area contributed by atoms with Crippen molar-refractivity contribution < 1.29 is 0 Å². The summed E-state index contributed by atoms with van der Waals surface area (Å²) in [6.45, 7) is 0. The van der Waals surface area contributed by atoms with Crippen LogP contribution in [0.2, 0.25) is 0 Å². The Balaban J connectivity index is 2.85. The molecule has 0 aliphatic carbocycles. The first-order valence-electron chi connectivity index (χ1n) is 0.966. The first-order valence-corrected chi connectivity index (χ1v) is 1.82. The summed E-state index contributed by atoms with van der Waals surface area (Å²) >= 11 is 7.79. The van der Waals surface area contributed by atoms with Crippen molar-refractivity contribution in [2.24, 2.45) is 5.73 Å². The third-order valence-electron chi connectivity index (χ3n) is 0.110. The minimum Gasteiger partial charge on any atom is -0.376 e. The third-order valence-corrected chi connectivity index (χ3v) is 0.604. The minimum atomic E-state index is 0.202. The van der Waals surface area contributed by atoms with Crippen LogP contribution in [0, 0.1) is 0 Å². The van der Waals surface area contributed by atoms with Crippen LogP contribution in [-0.4, -0.2) is 5.11 Å². The molecule has 0 aromatic heterocycles. The van der Waals surface area contributed by atoms with Crippen molar-refractivity contribution in [1.82, 2.24) is 4.72 Å². The molecule has 2 nitrogen and oxygen atoms in total. The number of nitrogens with two attached hydrogens (primary N) is 1. The highest BCUT2D eigenvalue weighted by atomic mass is 32.1. The molecule has 0 rings (SSSR count). The number of hydrogen-bond donors (Lipinski definition) is 3. The van der Waals surface area contributed by atoms with Gasteiger partial charge in [-0.15, -0.1) is 0 Å². The molecule has 0 radical (unpaired) electrons. The molecule has 0 atom stereocenters. The summed E-state index contributed by atoms with van der Waals surface area (Å²) < 4.78 is 2.23. The average Bonchev–Trinajstić information content (AvgIpc) is 1.38. The van der Waals surface area contributed by atoms with Crippen LogP contribution in [0.4, 0.5) is 0 Å². The van der Waals surface area contributed by atoms with E-state index in [0.29, 0.717) is 0 Å². The number of thiol groups is 1. The Hall–Kier alpha value is 0.0400. The van der Waals surface area contributed by atoms with Crippen LogP contribution in [0.3, 0.4) is 0 Å². The Morgan fingerprint density at radius 1 is 2.00 bits per heavy atom. The number of rotatable bonds is 0. The maximum atomic E-state index is 4.84. The van der Waals surface area contributed by atoms with E-state index in [1.165, 1.54) is 0 Å². The van der Waals surface area contributed by atoms with Gasteiger partial charge in [0.15, 0.2) is 5.11 Å². The monoisotopic (exact) mass is 108 g/mol. The van der Waals surface area contributed by atoms with Crippen LogP contribution in [0.15, 0.2) is 0 Å². The van der Waals surface area contributed by atoms with Gasteiger partial charge in [-0.25, -0.2) is 0 Å². The van der Waals surface area contributed by atoms with Gasteiger partial charge in [0.25, 0.3) is 0 Å². The first kappa shape index (κ1) is 5.04. The fraction of sp³-hybridized carbons (Fsp3) is 0. The van der Waals surface area contributed by atoms with Gasteiger partial charge in [0.2, 0.25) is 0 Å². The number of thiocarbonyl (C=S) groups is 1. The SMILES string of the molecule is NC(=S)NS. The van der Waals surface area contributed by atoms with Gasteiger partial charge in [-0.05, 0) is 12.2 Å². The third kappa shape index (κ3) is 4.04. The van der Waals surface area contributed by atoms with Crippen molar-refractivity contribution in [3.8, 4) is 0 Å². The maximum Gasteiger partial charge on any atom is 0.173 e. The van der Waals surface area contributed by atoms with Crippen LogP contribution in [0.5, 0.6) is 0 Å². The Morgan fingerprint density at radius 3 is 2.20 bits per heavy atom. The van der Waals surface area contributed by atoms with E-state index in [1.807, 2.05) is 0 Å². The Labute approximate surface area is 41.3 Å². The lowest BCUT2D eigenvalue weighted by Crippen LogP contribution is -2.19. The molecule has 4 heteroatoms. The van der Waals surface area contributed by atoms with Crippen molar-refractivity contribution in [2.45, 2.75) is 0 Å². The van der Waals surface area contributed by atoms with Crippen molar-refractivity contribution >= 4 is 30.1 Å². The second kappa shape index (κ2) is 2.29. The number of hydrogen-bond acceptors (Lipinski definition) is 2. The van der Waals surface area contributed by atoms with Gasteiger partial charge >= 0.3 is 0 Å². The van der Waals surface area contributed by atoms with E-state index in [9.17, 15) is 0 Å². The Bertz CT molecular complexity index is 42.9. The highest BCUT2D eigenvalue weighted by molar-refractivity contribution is 7.84. The standard InChI is InChI=1S/CH4N2S2/c2-1(4)3-5/h5H,(H3,2,3,4). The second-order valence-electron chi connectivity index (χ2n) is 0.476. The molecule has 5 heavy (non-hydrogen) atoms. The van der Waals surface area contributed by atoms with E-state index in [2.05, 4.69) is 29.8 Å². The first-order chi connectivity index (χ1) is 2.27. The maximum absolute atomic E-state index is 4.84. The van der Waals surface area contributed by atoms with Crippen molar-refractivity contribution in [2.75, 3.05) is 0 Å². The molecule has 0 aromatic rings. The molecule has 0 aliphatic heterocycles. The Morgan fingerprint density at radius 2 is 2.20 bits per heavy atom. The van der Waals surface area contributed by atoms with Crippen molar-refractivity contribution in [1.29, 1.82) is 0 Å². The highest BCUT2D eigenvalue weighted by Crippen LogP contribution is 1.55. The molecule has 3 N–H and O–H groups in total. The van der Waals surface area contributed by atoms with Gasteiger partial charge in [0.05, 0.1) is 0 Å². The summed E-state index contributed by atoms with van der Waals surface area (Å²) in [5, 5.41) is 0.202. The lowest BCUT2D eigenvalue weighted by atomic mass is 11.3. The fourth-order valence-corrected chi connectivity index (χ4v) is 0. The van der Waals surface area contributed by atoms with E-state index < -0.39 is 0 Å². The van der Waals surface area contributed by atoms with Crippen LogP contribution in [-0.2, 0) is 0 Å². The molecule has 0 fully saturated rings. The lowest BCUT2D eigenvalue weighted by molar-refractivity contribution is 1.52. The van der Waals surface area contributed by atoms with E-state index in [1.54, 1.807) is 0 Å². The van der Waals surface area contributed by atoms with Gasteiger partial charge in [0, 0.05) is 0 Å². The molecule has 0 aliphatic rings. The summed E-state index contributed by atoms with van der Waals surface area (Å²) in [6.07, 6.45) is 0. The molecule has 0 saturated heterocycles. The summed E-state index contributed by atoms with van der Waals surface area (Å²) in [5.41, 5.74) is 4.84. The zero-order valence-corrected chi connectivity index (χ0v) is 4.14. The average molecular weight is 108 g/mol. The van der Waals surface area contributed by atoms with E-state index >= 15 is 0 Å². The molecule has 0 bridgehead atoms. The zero-order chi connectivity index (χ0) is 4.28. The summed E-state index contributed by atoms with van der Waals surface area (Å²) in [5.74, 6) is 0. The predicted octanol–water partition coefficient (Wildman–Crippen LogP) is -0.336. The van der Waals surface area contributed by atoms with Crippen molar-refractivity contribution in [3.63, 3.8) is 0 Å². The van der Waals surface area contributed by atoms with E-state index in [-0.39, 0.29) is 5.11 Å². The largest absolute Gasteiger partial charge is 0.376 e. The fourth-order valence-electron chi connectivity index (χ4n) is 0. The molecule has 0 amide bonds. The van der Waals surface area contributed by atoms with Crippen molar-refractivity contribution in [3.05, 3.63) is 0 Å². The van der Waals surface area contributed by atoms with Gasteiger partial charge in [-0.2, -0.15) is 0 Å². The van der Waals surface area contributed by atoms with Crippen LogP contribution in [0.1, 0.15) is 0 Å². The van der Waals surface area contributed by atoms with E-state index in [0.717, 1.165) is 0 Å². The molecule has 0 unspecified atom stereocenters. The van der Waals surface area contributed by atoms with E-state index in [4.69, 9.17) is 5.73 Å².